The molecule has 2 heterocycles. The van der Waals surface area contributed by atoms with Gasteiger partial charge < -0.3 is 67.9 Å². The number of rotatable bonds is 21. The molecule has 0 unspecified atom stereocenters. The van der Waals surface area contributed by atoms with Crippen LogP contribution in [0.3, 0.4) is 0 Å². The number of carbonyl (C=O) groups excluding carboxylic acids is 3. The van der Waals surface area contributed by atoms with Crippen molar-refractivity contribution in [1.82, 2.24) is 9.13 Å². The minimum atomic E-state index is -0.402. The fraction of sp³-hybridized carbons (Fsp3) is 0.531. The minimum Gasteiger partial charge on any atom is -1.00 e. The summed E-state index contributed by atoms with van der Waals surface area (Å²) in [6, 6.07) is 0. The van der Waals surface area contributed by atoms with Gasteiger partial charge in [-0.15, -0.1) is 0 Å². The van der Waals surface area contributed by atoms with Crippen molar-refractivity contribution in [3.8, 4) is 0 Å². The van der Waals surface area contributed by atoms with Crippen LogP contribution in [0.15, 0.2) is 73.9 Å². The van der Waals surface area contributed by atoms with Crippen LogP contribution in [0.4, 0.5) is 0 Å². The van der Waals surface area contributed by atoms with Gasteiger partial charge in [0, 0.05) is 22.0 Å². The van der Waals surface area contributed by atoms with Crippen LogP contribution < -0.4 is 43.1 Å². The Morgan fingerprint density at radius 1 is 0.633 bits per heavy atom. The van der Waals surface area contributed by atoms with Crippen molar-refractivity contribution >= 4 is 33.8 Å². The van der Waals surface area contributed by atoms with Gasteiger partial charge in [-0.3, -0.25) is 0 Å². The van der Waals surface area contributed by atoms with Crippen molar-refractivity contribution in [2.75, 3.05) is 64.8 Å². The molecule has 17 heteroatoms. The Labute approximate surface area is 318 Å². The second-order valence-electron chi connectivity index (χ2n) is 9.89. The monoisotopic (exact) mass is 888 g/mol. The Morgan fingerprint density at radius 3 is 1.49 bits per heavy atom. The number of hydrogen-bond donors (Lipinski definition) is 2. The van der Waals surface area contributed by atoms with Crippen molar-refractivity contribution in [2.45, 2.75) is 47.0 Å². The van der Waals surface area contributed by atoms with Crippen molar-refractivity contribution < 1.29 is 91.4 Å². The summed E-state index contributed by atoms with van der Waals surface area (Å²) in [4.78, 5) is 32.9. The lowest BCUT2D eigenvalue weighted by Crippen LogP contribution is -3.00. The number of aliphatic hydroxyl groups is 2. The van der Waals surface area contributed by atoms with Crippen molar-refractivity contribution in [2.24, 2.45) is 0 Å². The molecule has 2 aromatic heterocycles. The number of aliphatic hydroxyl groups excluding tert-OH is 2. The van der Waals surface area contributed by atoms with Crippen LogP contribution in [0.2, 0.25) is 0 Å². The summed E-state index contributed by atoms with van der Waals surface area (Å²) < 4.78 is 33.1. The summed E-state index contributed by atoms with van der Waals surface area (Å²) in [6.07, 6.45) is 11.4. The van der Waals surface area contributed by atoms with Gasteiger partial charge in [0.1, 0.15) is 70.8 Å². The summed E-state index contributed by atoms with van der Waals surface area (Å²) in [7, 11) is 0. The number of alkyl halides is 1. The van der Waals surface area contributed by atoms with E-state index in [0.717, 1.165) is 0 Å². The smallest absolute Gasteiger partial charge is 0.333 e. The highest BCUT2D eigenvalue weighted by molar-refractivity contribution is 9.09. The van der Waals surface area contributed by atoms with E-state index in [1.54, 1.807) is 20.8 Å². The topological polar surface area (TPSA) is 155 Å². The van der Waals surface area contributed by atoms with E-state index < -0.39 is 11.9 Å². The molecule has 0 atom stereocenters. The van der Waals surface area contributed by atoms with E-state index in [2.05, 4.69) is 40.4 Å². The number of nitrogens with zero attached hydrogens (tertiary/aromatic N) is 4. The van der Waals surface area contributed by atoms with Crippen molar-refractivity contribution in [3.05, 3.63) is 73.9 Å². The highest BCUT2D eigenvalue weighted by Crippen LogP contribution is 1.94. The predicted octanol–water partition coefficient (Wildman–Crippen LogP) is -4.68. The predicted molar refractivity (Wildman–Crippen MR) is 176 cm³/mol. The molecular weight excluding hydrogens is 840 g/mol. The number of esters is 3. The molecule has 0 saturated heterocycles. The van der Waals surface area contributed by atoms with E-state index in [1.165, 1.54) is 0 Å². The Balaban J connectivity index is -0.000000790. The lowest BCUT2D eigenvalue weighted by atomic mass is 10.4. The maximum Gasteiger partial charge on any atom is 0.333 e. The average molecular weight is 891 g/mol. The summed E-state index contributed by atoms with van der Waals surface area (Å²) >= 11 is 3.12. The van der Waals surface area contributed by atoms with Crippen LogP contribution in [-0.2, 0) is 64.2 Å². The van der Waals surface area contributed by atoms with Crippen LogP contribution >= 0.6 is 15.9 Å². The third-order valence-electron chi connectivity index (χ3n) is 5.47. The van der Waals surface area contributed by atoms with E-state index in [1.807, 2.05) is 55.7 Å². The summed E-state index contributed by atoms with van der Waals surface area (Å²) in [6.45, 7) is 20.7. The van der Waals surface area contributed by atoms with Crippen LogP contribution in [-0.4, -0.2) is 102 Å². The van der Waals surface area contributed by atoms with Crippen LogP contribution in [0.25, 0.3) is 0 Å². The Kier molecular flexibility index (Phi) is 33.7. The highest BCUT2D eigenvalue weighted by Gasteiger charge is 2.06. The summed E-state index contributed by atoms with van der Waals surface area (Å²) in [5.41, 5.74) is 1.20. The number of hydrogen-bond acceptors (Lipinski definition) is 10. The number of halogens is 3. The molecule has 0 aliphatic carbocycles. The Morgan fingerprint density at radius 2 is 1.06 bits per heavy atom. The van der Waals surface area contributed by atoms with Gasteiger partial charge in [-0.2, -0.15) is 0 Å². The first-order chi connectivity index (χ1) is 22.4. The molecule has 0 fully saturated rings. The largest absolute Gasteiger partial charge is 1.00 e. The zero-order valence-corrected chi connectivity index (χ0v) is 33.3. The lowest BCUT2D eigenvalue weighted by molar-refractivity contribution is -0.698. The fourth-order valence-electron chi connectivity index (χ4n) is 3.07. The van der Waals surface area contributed by atoms with Crippen molar-refractivity contribution in [3.63, 3.8) is 0 Å². The van der Waals surface area contributed by atoms with Gasteiger partial charge in [-0.05, 0) is 20.8 Å². The SMILES string of the molecule is C=C(C)C(=O)OCCBr.C=C(C)C(=O)OCCOCCn1cc[n+](CCOCCOC(=O)C(=C)C)c1.OCCn1cc[n+](CCO)c1.[Br-].[Br-]. The zero-order valence-electron chi connectivity index (χ0n) is 28.6. The Hall–Kier alpha value is -2.67. The normalized spacial score (nSPS) is 9.67. The van der Waals surface area contributed by atoms with E-state index in [9.17, 15) is 14.4 Å². The molecule has 280 valence electrons. The molecule has 0 aromatic carbocycles. The number of ether oxygens (including phenoxy) is 5. The van der Waals surface area contributed by atoms with E-state index in [4.69, 9.17) is 29.2 Å². The quantitative estimate of drug-likeness (QED) is 0.0313. The van der Waals surface area contributed by atoms with Crippen LogP contribution in [0, 0.1) is 0 Å². The van der Waals surface area contributed by atoms with E-state index in [0.29, 0.717) is 81.3 Å². The molecule has 2 rings (SSSR count). The molecule has 2 aromatic rings. The van der Waals surface area contributed by atoms with E-state index in [-0.39, 0.29) is 66.4 Å². The number of carbonyl (C=O) groups is 3. The maximum absolute atomic E-state index is 11.2. The van der Waals surface area contributed by atoms with Crippen LogP contribution in [0.1, 0.15) is 20.8 Å². The first-order valence-corrected chi connectivity index (χ1v) is 16.1. The highest BCUT2D eigenvalue weighted by atomic mass is 79.9. The molecule has 0 bridgehead atoms. The molecule has 0 saturated carbocycles. The number of aromatic nitrogens is 4. The molecule has 0 spiro atoms. The third-order valence-corrected chi connectivity index (χ3v) is 5.80. The molecule has 0 radical (unpaired) electrons. The summed E-state index contributed by atoms with van der Waals surface area (Å²) in [5, 5.41) is 17.8. The molecule has 0 aliphatic rings. The third kappa shape index (κ3) is 27.8. The maximum atomic E-state index is 11.2. The molecule has 0 aliphatic heterocycles. The number of imidazole rings is 2. The molecular formula is C32H51Br3N4O10. The van der Waals surface area contributed by atoms with Gasteiger partial charge in [-0.1, -0.05) is 35.7 Å². The first kappa shape index (κ1) is 50.7. The van der Waals surface area contributed by atoms with Gasteiger partial charge in [0.2, 0.25) is 12.7 Å². The first-order valence-electron chi connectivity index (χ1n) is 15.0. The second kappa shape index (κ2) is 32.5. The molecule has 2 N–H and O–H groups in total. The van der Waals surface area contributed by atoms with Crippen molar-refractivity contribution in [1.29, 1.82) is 0 Å². The average Bonchev–Trinajstić information content (AvgIpc) is 3.69. The van der Waals surface area contributed by atoms with Gasteiger partial charge in [0.25, 0.3) is 0 Å². The standard InChI is InChI=1S/C19H29N2O6.C7H13N2O2.C6H9BrO2.2BrH/c1-16(2)18(22)26-13-11-24-9-7-20-5-6-21(15-20)8-10-25-12-14-27-19(23)17(3)4;10-5-3-8-1-2-9(7-8)4-6-11;1-5(2)6(8)9-4-3-7;;/h5-6,15H,1,3,7-14H2,2,4H3;1-2,7,10-11H,3-6H2;1,3-4H2,2H3;2*1H/q2*+1;;;/p-2. The zero-order chi connectivity index (χ0) is 35.5. The van der Waals surface area contributed by atoms with Gasteiger partial charge in [0.15, 0.2) is 0 Å². The van der Waals surface area contributed by atoms with Gasteiger partial charge >= 0.3 is 17.9 Å². The summed E-state index contributed by atoms with van der Waals surface area (Å²) in [5.74, 6) is -1.13. The lowest BCUT2D eigenvalue weighted by Gasteiger charge is -2.05. The Bertz CT molecular complexity index is 1160. The molecule has 49 heavy (non-hydrogen) atoms. The molecule has 14 nitrogen and oxygen atoms in total. The second-order valence-corrected chi connectivity index (χ2v) is 10.7. The van der Waals surface area contributed by atoms with Gasteiger partial charge in [-0.25, -0.2) is 32.7 Å². The molecule has 0 amide bonds. The van der Waals surface area contributed by atoms with Gasteiger partial charge in [0.05, 0.1) is 39.6 Å². The van der Waals surface area contributed by atoms with Crippen LogP contribution in [0.5, 0.6) is 0 Å². The fourth-order valence-corrected chi connectivity index (χ4v) is 3.23. The minimum absolute atomic E-state index is 0. The van der Waals surface area contributed by atoms with E-state index >= 15 is 0 Å².